The molecular formula is C25H28N4O2S. The minimum absolute atomic E-state index is 0.00580. The van der Waals surface area contributed by atoms with Crippen molar-refractivity contribution >= 4 is 17.3 Å². The van der Waals surface area contributed by atoms with Crippen molar-refractivity contribution in [2.24, 2.45) is 0 Å². The number of hydrogen-bond acceptors (Lipinski definition) is 4. The summed E-state index contributed by atoms with van der Waals surface area (Å²) in [6.45, 7) is 7.74. The maximum absolute atomic E-state index is 5.79. The van der Waals surface area contributed by atoms with Crippen molar-refractivity contribution in [1.82, 2.24) is 19.8 Å². The normalized spacial score (nSPS) is 19.5. The van der Waals surface area contributed by atoms with Gasteiger partial charge in [-0.2, -0.15) is 0 Å². The van der Waals surface area contributed by atoms with E-state index in [1.165, 1.54) is 17.0 Å². The predicted molar refractivity (Wildman–Crippen MR) is 128 cm³/mol. The van der Waals surface area contributed by atoms with Crippen LogP contribution in [0.5, 0.6) is 11.5 Å². The Kier molecular flexibility index (Phi) is 5.51. The fourth-order valence-electron chi connectivity index (χ4n) is 4.82. The number of thiocarbonyl (C=S) groups is 1. The third kappa shape index (κ3) is 3.50. The summed E-state index contributed by atoms with van der Waals surface area (Å²) in [6, 6.07) is 14.6. The van der Waals surface area contributed by atoms with Crippen LogP contribution in [0.2, 0.25) is 0 Å². The van der Waals surface area contributed by atoms with E-state index in [0.29, 0.717) is 0 Å². The van der Waals surface area contributed by atoms with Crippen molar-refractivity contribution in [2.75, 3.05) is 13.3 Å². The Balaban J connectivity index is 1.59. The highest BCUT2D eigenvalue weighted by atomic mass is 32.1. The zero-order chi connectivity index (χ0) is 22.2. The Bertz CT molecular complexity index is 1140. The first-order valence-corrected chi connectivity index (χ1v) is 11.6. The minimum atomic E-state index is 0.00580. The second-order valence-corrected chi connectivity index (χ2v) is 8.76. The highest BCUT2D eigenvalue weighted by molar-refractivity contribution is 7.80. The monoisotopic (exact) mass is 448 g/mol. The Morgan fingerprint density at radius 2 is 1.97 bits per heavy atom. The van der Waals surface area contributed by atoms with E-state index in [1.807, 2.05) is 24.4 Å². The lowest BCUT2D eigenvalue weighted by Crippen LogP contribution is -2.30. The SMILES string of the molecule is CCCCN1C(=S)NC(c2ccccn2)C1c1cc(C)n(-c2ccc3c(c2)OCO3)c1C. The van der Waals surface area contributed by atoms with Crippen LogP contribution in [0.1, 0.15) is 54.5 Å². The zero-order valence-electron chi connectivity index (χ0n) is 18.7. The number of unbranched alkanes of at least 4 members (excludes halogenated alkanes) is 1. The van der Waals surface area contributed by atoms with Crippen LogP contribution in [-0.2, 0) is 0 Å². The number of fused-ring (bicyclic) bond motifs is 1. The lowest BCUT2D eigenvalue weighted by atomic mass is 9.96. The summed E-state index contributed by atoms with van der Waals surface area (Å²) in [6.07, 6.45) is 4.06. The average Bonchev–Trinajstić information content (AvgIpc) is 3.48. The predicted octanol–water partition coefficient (Wildman–Crippen LogP) is 4.99. The fraction of sp³-hybridized carbons (Fsp3) is 0.360. The second kappa shape index (κ2) is 8.47. The molecule has 2 aliphatic rings. The molecule has 7 heteroatoms. The number of benzene rings is 1. The Morgan fingerprint density at radius 3 is 2.75 bits per heavy atom. The van der Waals surface area contributed by atoms with Crippen molar-refractivity contribution in [3.05, 3.63) is 71.3 Å². The Labute approximate surface area is 194 Å². The molecule has 0 radical (unpaired) electrons. The molecule has 166 valence electrons. The zero-order valence-corrected chi connectivity index (χ0v) is 19.5. The molecule has 5 rings (SSSR count). The number of rotatable bonds is 6. The summed E-state index contributed by atoms with van der Waals surface area (Å²) in [5.41, 5.74) is 5.70. The van der Waals surface area contributed by atoms with Gasteiger partial charge in [0.2, 0.25) is 6.79 Å². The van der Waals surface area contributed by atoms with Crippen LogP contribution in [0.3, 0.4) is 0 Å². The molecule has 6 nitrogen and oxygen atoms in total. The molecule has 4 heterocycles. The smallest absolute Gasteiger partial charge is 0.231 e. The standard InChI is InChI=1S/C25H28N4O2S/c1-4-5-12-28-24(23(27-25(28)32)20-8-6-7-11-26-20)19-13-16(2)29(17(19)3)18-9-10-21-22(14-18)31-15-30-21/h6-11,13-14,23-24H,4-5,12,15H2,1-3H3,(H,27,32). The first-order chi connectivity index (χ1) is 15.6. The fourth-order valence-corrected chi connectivity index (χ4v) is 5.15. The number of ether oxygens (including phenoxy) is 2. The number of aryl methyl sites for hydroxylation is 1. The molecule has 2 aliphatic heterocycles. The number of hydrogen-bond donors (Lipinski definition) is 1. The third-order valence-corrected chi connectivity index (χ3v) is 6.71. The van der Waals surface area contributed by atoms with Gasteiger partial charge in [0.25, 0.3) is 0 Å². The van der Waals surface area contributed by atoms with Crippen LogP contribution in [0.25, 0.3) is 5.69 Å². The van der Waals surface area contributed by atoms with Gasteiger partial charge >= 0.3 is 0 Å². The highest BCUT2D eigenvalue weighted by Crippen LogP contribution is 2.42. The molecule has 3 aromatic rings. The van der Waals surface area contributed by atoms with E-state index in [0.717, 1.165) is 47.4 Å². The molecule has 0 amide bonds. The summed E-state index contributed by atoms with van der Waals surface area (Å²) in [5.74, 6) is 1.58. The van der Waals surface area contributed by atoms with E-state index < -0.39 is 0 Å². The van der Waals surface area contributed by atoms with E-state index in [4.69, 9.17) is 21.7 Å². The van der Waals surface area contributed by atoms with Crippen LogP contribution in [0.4, 0.5) is 0 Å². The van der Waals surface area contributed by atoms with Gasteiger partial charge in [0, 0.05) is 35.9 Å². The van der Waals surface area contributed by atoms with E-state index in [-0.39, 0.29) is 18.9 Å². The first kappa shape index (κ1) is 20.8. The number of pyridine rings is 1. The summed E-state index contributed by atoms with van der Waals surface area (Å²) >= 11 is 5.79. The average molecular weight is 449 g/mol. The van der Waals surface area contributed by atoms with Gasteiger partial charge in [0.1, 0.15) is 0 Å². The molecule has 0 bridgehead atoms. The van der Waals surface area contributed by atoms with Gasteiger partial charge in [0.15, 0.2) is 16.6 Å². The maximum Gasteiger partial charge on any atom is 0.231 e. The second-order valence-electron chi connectivity index (χ2n) is 8.37. The molecule has 32 heavy (non-hydrogen) atoms. The van der Waals surface area contributed by atoms with Gasteiger partial charge in [-0.3, -0.25) is 4.98 Å². The molecule has 1 fully saturated rings. The molecule has 2 unspecified atom stereocenters. The number of aromatic nitrogens is 2. The van der Waals surface area contributed by atoms with Gasteiger partial charge < -0.3 is 24.3 Å². The molecule has 0 spiro atoms. The number of nitrogens with zero attached hydrogens (tertiary/aromatic N) is 3. The van der Waals surface area contributed by atoms with Crippen LogP contribution in [-0.4, -0.2) is 32.9 Å². The van der Waals surface area contributed by atoms with Crippen LogP contribution in [0, 0.1) is 13.8 Å². The van der Waals surface area contributed by atoms with E-state index >= 15 is 0 Å². The maximum atomic E-state index is 5.79. The van der Waals surface area contributed by atoms with Gasteiger partial charge in [-0.1, -0.05) is 19.4 Å². The molecule has 2 atom stereocenters. The van der Waals surface area contributed by atoms with E-state index in [1.54, 1.807) is 0 Å². The molecule has 1 saturated heterocycles. The lowest BCUT2D eigenvalue weighted by molar-refractivity contribution is 0.174. The van der Waals surface area contributed by atoms with Gasteiger partial charge in [-0.25, -0.2) is 0 Å². The molecule has 0 aliphatic carbocycles. The van der Waals surface area contributed by atoms with Crippen molar-refractivity contribution in [3.63, 3.8) is 0 Å². The minimum Gasteiger partial charge on any atom is -0.454 e. The molecule has 1 N–H and O–H groups in total. The van der Waals surface area contributed by atoms with E-state index in [9.17, 15) is 0 Å². The van der Waals surface area contributed by atoms with E-state index in [2.05, 4.69) is 64.8 Å². The summed E-state index contributed by atoms with van der Waals surface area (Å²) in [5, 5.41) is 4.35. The van der Waals surface area contributed by atoms with Crippen molar-refractivity contribution < 1.29 is 9.47 Å². The molecule has 2 aromatic heterocycles. The molecule has 1 aromatic carbocycles. The van der Waals surface area contributed by atoms with Crippen molar-refractivity contribution in [3.8, 4) is 17.2 Å². The number of nitrogens with one attached hydrogen (secondary N) is 1. The first-order valence-electron chi connectivity index (χ1n) is 11.2. The van der Waals surface area contributed by atoms with Crippen LogP contribution < -0.4 is 14.8 Å². The van der Waals surface area contributed by atoms with Crippen LogP contribution >= 0.6 is 12.2 Å². The summed E-state index contributed by atoms with van der Waals surface area (Å²) < 4.78 is 13.4. The quantitative estimate of drug-likeness (QED) is 0.536. The van der Waals surface area contributed by atoms with Gasteiger partial charge in [-0.05, 0) is 68.4 Å². The van der Waals surface area contributed by atoms with Gasteiger partial charge in [-0.15, -0.1) is 0 Å². The van der Waals surface area contributed by atoms with Crippen LogP contribution in [0.15, 0.2) is 48.7 Å². The largest absolute Gasteiger partial charge is 0.454 e. The Morgan fingerprint density at radius 1 is 1.12 bits per heavy atom. The highest BCUT2D eigenvalue weighted by Gasteiger charge is 2.41. The van der Waals surface area contributed by atoms with Crippen molar-refractivity contribution in [1.29, 1.82) is 0 Å². The topological polar surface area (TPSA) is 51.6 Å². The molecular weight excluding hydrogens is 420 g/mol. The Hall–Kier alpha value is -3.06. The van der Waals surface area contributed by atoms with Crippen molar-refractivity contribution in [2.45, 2.75) is 45.7 Å². The third-order valence-electron chi connectivity index (χ3n) is 6.35. The van der Waals surface area contributed by atoms with Gasteiger partial charge in [0.05, 0.1) is 17.8 Å². The summed E-state index contributed by atoms with van der Waals surface area (Å²) in [4.78, 5) is 6.99. The summed E-state index contributed by atoms with van der Waals surface area (Å²) in [7, 11) is 0. The molecule has 0 saturated carbocycles. The lowest BCUT2D eigenvalue weighted by Gasteiger charge is -2.28.